The molecule has 1 aromatic rings. The Hall–Kier alpha value is -1.57. The van der Waals surface area contributed by atoms with Gasteiger partial charge in [-0.2, -0.15) is 11.8 Å². The van der Waals surface area contributed by atoms with E-state index < -0.39 is 29.4 Å². The second-order valence-electron chi connectivity index (χ2n) is 6.85. The number of benzene rings is 1. The van der Waals surface area contributed by atoms with Crippen molar-refractivity contribution in [3.63, 3.8) is 0 Å². The minimum absolute atomic E-state index is 0.211. The summed E-state index contributed by atoms with van der Waals surface area (Å²) in [5, 5.41) is 3.93. The largest absolute Gasteiger partial charge is 0.465 e. The predicted octanol–water partition coefficient (Wildman–Crippen LogP) is 2.27. The highest BCUT2D eigenvalue weighted by Gasteiger charge is 2.67. The molecule has 0 spiro atoms. The van der Waals surface area contributed by atoms with Gasteiger partial charge in [0.2, 0.25) is 11.8 Å². The van der Waals surface area contributed by atoms with Crippen LogP contribution in [0, 0.1) is 11.8 Å². The van der Waals surface area contributed by atoms with E-state index in [9.17, 15) is 14.4 Å². The zero-order valence-corrected chi connectivity index (χ0v) is 17.1. The molecule has 2 fully saturated rings. The smallest absolute Gasteiger partial charge is 0.327 e. The summed E-state index contributed by atoms with van der Waals surface area (Å²) in [6, 6.07) is 6.67. The van der Waals surface area contributed by atoms with Crippen molar-refractivity contribution in [2.75, 3.05) is 25.7 Å². The van der Waals surface area contributed by atoms with E-state index in [0.29, 0.717) is 17.2 Å². The molecule has 0 saturated carbocycles. The van der Waals surface area contributed by atoms with Gasteiger partial charge in [0.05, 0.1) is 18.4 Å². The third-order valence-electron chi connectivity index (χ3n) is 5.44. The zero-order chi connectivity index (χ0) is 19.8. The Bertz CT molecular complexity index is 757. The van der Waals surface area contributed by atoms with Crippen LogP contribution in [0.1, 0.15) is 24.9 Å². The van der Waals surface area contributed by atoms with Gasteiger partial charge in [-0.15, -0.1) is 0 Å². The van der Waals surface area contributed by atoms with E-state index >= 15 is 0 Å². The lowest BCUT2D eigenvalue weighted by molar-refractivity contribution is -0.156. The van der Waals surface area contributed by atoms with E-state index in [1.807, 2.05) is 18.4 Å². The molecule has 146 valence electrons. The molecule has 2 heterocycles. The number of thioether (sulfide) groups is 1. The van der Waals surface area contributed by atoms with Gasteiger partial charge in [0.15, 0.2) is 0 Å². The molecule has 2 saturated heterocycles. The van der Waals surface area contributed by atoms with Crippen LogP contribution < -0.4 is 5.32 Å². The van der Waals surface area contributed by atoms with E-state index in [1.54, 1.807) is 30.8 Å². The molecule has 2 aliphatic rings. The predicted molar refractivity (Wildman–Crippen MR) is 104 cm³/mol. The SMILES string of the molecule is CCOC(=O)[C@]1(CCSC)N[C@H](c2ccc(Cl)cc2)[C@H]2C(=O)N(C)C(=O)[C@@H]21. The molecule has 0 unspecified atom stereocenters. The molecule has 1 aromatic carbocycles. The first kappa shape index (κ1) is 20.2. The summed E-state index contributed by atoms with van der Waals surface area (Å²) in [6.45, 7) is 1.94. The number of fused-ring (bicyclic) bond motifs is 1. The first-order chi connectivity index (χ1) is 12.9. The Kier molecular flexibility index (Phi) is 5.84. The van der Waals surface area contributed by atoms with Crippen LogP contribution in [-0.4, -0.2) is 53.9 Å². The van der Waals surface area contributed by atoms with Crippen LogP contribution in [0.5, 0.6) is 0 Å². The van der Waals surface area contributed by atoms with Crippen LogP contribution in [0.25, 0.3) is 0 Å². The number of hydrogen-bond acceptors (Lipinski definition) is 6. The number of carbonyl (C=O) groups excluding carboxylic acids is 3. The van der Waals surface area contributed by atoms with Crippen LogP contribution in [0.4, 0.5) is 0 Å². The third kappa shape index (κ3) is 3.26. The quantitative estimate of drug-likeness (QED) is 0.572. The number of rotatable bonds is 6. The lowest BCUT2D eigenvalue weighted by Gasteiger charge is -2.32. The summed E-state index contributed by atoms with van der Waals surface area (Å²) in [5.74, 6) is -1.83. The summed E-state index contributed by atoms with van der Waals surface area (Å²) >= 11 is 7.58. The number of nitrogens with one attached hydrogen (secondary N) is 1. The van der Waals surface area contributed by atoms with Crippen molar-refractivity contribution in [2.24, 2.45) is 11.8 Å². The van der Waals surface area contributed by atoms with E-state index in [4.69, 9.17) is 16.3 Å². The van der Waals surface area contributed by atoms with Crippen molar-refractivity contribution in [1.82, 2.24) is 10.2 Å². The summed E-state index contributed by atoms with van der Waals surface area (Å²) in [7, 11) is 1.48. The highest BCUT2D eigenvalue weighted by molar-refractivity contribution is 7.98. The number of ether oxygens (including phenoxy) is 1. The summed E-state index contributed by atoms with van der Waals surface area (Å²) in [5.41, 5.74) is -0.396. The van der Waals surface area contributed by atoms with Gasteiger partial charge in [-0.1, -0.05) is 23.7 Å². The van der Waals surface area contributed by atoms with Crippen molar-refractivity contribution in [2.45, 2.75) is 24.9 Å². The maximum absolute atomic E-state index is 13.0. The van der Waals surface area contributed by atoms with Gasteiger partial charge in [-0.05, 0) is 43.0 Å². The van der Waals surface area contributed by atoms with Gasteiger partial charge in [0, 0.05) is 18.1 Å². The number of esters is 1. The summed E-state index contributed by atoms with van der Waals surface area (Å²) in [6.07, 6.45) is 2.35. The fraction of sp³-hybridized carbons (Fsp3) is 0.526. The number of nitrogens with zero attached hydrogens (tertiary/aromatic N) is 1. The molecular weight excluding hydrogens is 388 g/mol. The number of imide groups is 1. The van der Waals surface area contributed by atoms with Crippen molar-refractivity contribution >= 4 is 41.1 Å². The molecule has 2 aliphatic heterocycles. The first-order valence-electron chi connectivity index (χ1n) is 8.88. The second kappa shape index (κ2) is 7.81. The van der Waals surface area contributed by atoms with Crippen LogP contribution in [0.2, 0.25) is 5.02 Å². The number of halogens is 1. The van der Waals surface area contributed by atoms with Gasteiger partial charge in [0.25, 0.3) is 0 Å². The topological polar surface area (TPSA) is 75.7 Å². The molecule has 6 nitrogen and oxygen atoms in total. The Morgan fingerprint density at radius 2 is 1.96 bits per heavy atom. The zero-order valence-electron chi connectivity index (χ0n) is 15.5. The van der Waals surface area contributed by atoms with Crippen molar-refractivity contribution < 1.29 is 19.1 Å². The molecule has 4 atom stereocenters. The number of hydrogen-bond donors (Lipinski definition) is 1. The maximum atomic E-state index is 13.0. The highest BCUT2D eigenvalue weighted by Crippen LogP contribution is 2.50. The molecule has 0 bridgehead atoms. The Labute approximate surface area is 167 Å². The number of carbonyl (C=O) groups is 3. The molecule has 0 aromatic heterocycles. The lowest BCUT2D eigenvalue weighted by Crippen LogP contribution is -2.56. The van der Waals surface area contributed by atoms with Crippen LogP contribution in [-0.2, 0) is 19.1 Å². The van der Waals surface area contributed by atoms with Gasteiger partial charge in [-0.25, -0.2) is 0 Å². The standard InChI is InChI=1S/C19H23ClN2O4S/c1-4-26-18(25)19(9-10-27-3)14-13(16(23)22(2)17(14)24)15(21-19)11-5-7-12(20)8-6-11/h5-8,13-15,21H,4,9-10H2,1-3H3/t13-,14+,15+,19+/m0/s1. The van der Waals surface area contributed by atoms with Crippen LogP contribution in [0.15, 0.2) is 24.3 Å². The minimum Gasteiger partial charge on any atom is -0.465 e. The van der Waals surface area contributed by atoms with Crippen molar-refractivity contribution in [3.05, 3.63) is 34.9 Å². The second-order valence-corrected chi connectivity index (χ2v) is 8.27. The third-order valence-corrected chi connectivity index (χ3v) is 6.31. The summed E-state index contributed by atoms with van der Waals surface area (Å²) < 4.78 is 5.34. The fourth-order valence-corrected chi connectivity index (χ4v) is 4.80. The normalized spacial score (nSPS) is 29.9. The van der Waals surface area contributed by atoms with Crippen molar-refractivity contribution in [3.8, 4) is 0 Å². The van der Waals surface area contributed by atoms with Crippen LogP contribution in [0.3, 0.4) is 0 Å². The van der Waals surface area contributed by atoms with Gasteiger partial charge >= 0.3 is 5.97 Å². The van der Waals surface area contributed by atoms with Crippen molar-refractivity contribution in [1.29, 1.82) is 0 Å². The van der Waals surface area contributed by atoms with E-state index in [-0.39, 0.29) is 18.4 Å². The number of amides is 2. The fourth-order valence-electron chi connectivity index (χ4n) is 4.15. The minimum atomic E-state index is -1.22. The van der Waals surface area contributed by atoms with Gasteiger partial charge in [-0.3, -0.25) is 24.6 Å². The molecular formula is C19H23ClN2O4S. The number of likely N-dealkylation sites (tertiary alicyclic amines) is 1. The Morgan fingerprint density at radius 3 is 2.56 bits per heavy atom. The average Bonchev–Trinajstić information content (AvgIpc) is 3.11. The highest BCUT2D eigenvalue weighted by atomic mass is 35.5. The molecule has 0 radical (unpaired) electrons. The van der Waals surface area contributed by atoms with Gasteiger partial charge in [0.1, 0.15) is 5.54 Å². The van der Waals surface area contributed by atoms with Crippen LogP contribution >= 0.6 is 23.4 Å². The average molecular weight is 411 g/mol. The maximum Gasteiger partial charge on any atom is 0.327 e. The monoisotopic (exact) mass is 410 g/mol. The van der Waals surface area contributed by atoms with E-state index in [1.165, 1.54) is 7.05 Å². The molecule has 0 aliphatic carbocycles. The molecule has 27 heavy (non-hydrogen) atoms. The Balaban J connectivity index is 2.10. The van der Waals surface area contributed by atoms with E-state index in [2.05, 4.69) is 5.32 Å². The molecule has 3 rings (SSSR count). The van der Waals surface area contributed by atoms with Gasteiger partial charge < -0.3 is 4.74 Å². The van der Waals surface area contributed by atoms with E-state index in [0.717, 1.165) is 10.5 Å². The molecule has 2 amide bonds. The molecule has 1 N–H and O–H groups in total. The Morgan fingerprint density at radius 1 is 1.30 bits per heavy atom. The molecule has 8 heteroatoms. The first-order valence-corrected chi connectivity index (χ1v) is 10.6. The lowest BCUT2D eigenvalue weighted by atomic mass is 9.78. The summed E-state index contributed by atoms with van der Waals surface area (Å²) in [4.78, 5) is 40.0.